The number of sulfonamides is 1. The molecular weight excluding hydrogens is 277 g/mol. The van der Waals surface area contributed by atoms with E-state index >= 15 is 0 Å². The Hall–Kier alpha value is -1.51. The maximum absolute atomic E-state index is 13.7. The van der Waals surface area contributed by atoms with Gasteiger partial charge in [-0.25, -0.2) is 17.8 Å². The van der Waals surface area contributed by atoms with Crippen molar-refractivity contribution in [2.24, 2.45) is 5.73 Å². The van der Waals surface area contributed by atoms with Gasteiger partial charge >= 0.3 is 0 Å². The highest BCUT2D eigenvalue weighted by atomic mass is 32.2. The standard InChI is InChI=1S/C10H10FN3O2S2/c11-8-5-7(6-12)1-2-9(8)18(15,16)14-10-13-3-4-17-10/h1-5H,6,12H2,(H,13,14). The molecule has 0 spiro atoms. The van der Waals surface area contributed by atoms with E-state index in [0.29, 0.717) is 5.56 Å². The molecule has 0 fully saturated rings. The van der Waals surface area contributed by atoms with Crippen molar-refractivity contribution < 1.29 is 12.8 Å². The number of benzene rings is 1. The third-order valence-electron chi connectivity index (χ3n) is 2.18. The van der Waals surface area contributed by atoms with E-state index < -0.39 is 20.7 Å². The molecule has 1 aromatic heterocycles. The molecule has 3 N–H and O–H groups in total. The zero-order chi connectivity index (χ0) is 13.2. The van der Waals surface area contributed by atoms with E-state index in [-0.39, 0.29) is 11.7 Å². The number of hydrogen-bond acceptors (Lipinski definition) is 5. The molecular formula is C10H10FN3O2S2. The van der Waals surface area contributed by atoms with Gasteiger partial charge in [0.25, 0.3) is 10.0 Å². The normalized spacial score (nSPS) is 11.4. The summed E-state index contributed by atoms with van der Waals surface area (Å²) in [6.45, 7) is 0.150. The fourth-order valence-corrected chi connectivity index (χ4v) is 3.18. The van der Waals surface area contributed by atoms with Crippen LogP contribution in [0, 0.1) is 5.82 Å². The van der Waals surface area contributed by atoms with E-state index in [4.69, 9.17) is 5.73 Å². The van der Waals surface area contributed by atoms with Gasteiger partial charge in [-0.2, -0.15) is 0 Å². The SMILES string of the molecule is NCc1ccc(S(=O)(=O)Nc2nccs2)c(F)c1. The van der Waals surface area contributed by atoms with Crippen molar-refractivity contribution >= 4 is 26.5 Å². The topological polar surface area (TPSA) is 85.1 Å². The van der Waals surface area contributed by atoms with Crippen molar-refractivity contribution in [1.82, 2.24) is 4.98 Å². The van der Waals surface area contributed by atoms with E-state index in [1.165, 1.54) is 18.3 Å². The molecule has 2 rings (SSSR count). The molecule has 1 heterocycles. The summed E-state index contributed by atoms with van der Waals surface area (Å²) in [4.78, 5) is 3.35. The first-order chi connectivity index (χ1) is 8.53. The molecule has 96 valence electrons. The Bertz CT molecular complexity index is 641. The number of nitrogens with one attached hydrogen (secondary N) is 1. The Morgan fingerprint density at radius 1 is 1.44 bits per heavy atom. The molecule has 2 aromatic rings. The van der Waals surface area contributed by atoms with Crippen LogP contribution in [-0.2, 0) is 16.6 Å². The van der Waals surface area contributed by atoms with E-state index in [1.807, 2.05) is 0 Å². The first-order valence-corrected chi connectivity index (χ1v) is 7.30. The minimum Gasteiger partial charge on any atom is -0.326 e. The number of anilines is 1. The Morgan fingerprint density at radius 2 is 2.22 bits per heavy atom. The predicted octanol–water partition coefficient (Wildman–Crippen LogP) is 1.54. The second kappa shape index (κ2) is 5.01. The molecule has 0 aliphatic heterocycles. The van der Waals surface area contributed by atoms with Crippen LogP contribution in [0.15, 0.2) is 34.7 Å². The summed E-state index contributed by atoms with van der Waals surface area (Å²) in [6.07, 6.45) is 1.45. The maximum Gasteiger partial charge on any atom is 0.266 e. The van der Waals surface area contributed by atoms with E-state index in [9.17, 15) is 12.8 Å². The molecule has 1 aromatic carbocycles. The molecule has 0 saturated heterocycles. The van der Waals surface area contributed by atoms with Gasteiger partial charge in [-0.1, -0.05) is 6.07 Å². The summed E-state index contributed by atoms with van der Waals surface area (Å²) in [7, 11) is -3.96. The van der Waals surface area contributed by atoms with E-state index in [0.717, 1.165) is 17.4 Å². The lowest BCUT2D eigenvalue weighted by Gasteiger charge is -2.07. The third-order valence-corrected chi connectivity index (χ3v) is 4.37. The summed E-state index contributed by atoms with van der Waals surface area (Å²) in [6, 6.07) is 3.77. The maximum atomic E-state index is 13.7. The zero-order valence-electron chi connectivity index (χ0n) is 9.13. The van der Waals surface area contributed by atoms with E-state index in [2.05, 4.69) is 9.71 Å². The van der Waals surface area contributed by atoms with Crippen molar-refractivity contribution in [1.29, 1.82) is 0 Å². The summed E-state index contributed by atoms with van der Waals surface area (Å²) >= 11 is 1.11. The second-order valence-electron chi connectivity index (χ2n) is 3.41. The van der Waals surface area contributed by atoms with Crippen LogP contribution in [0.5, 0.6) is 0 Å². The Morgan fingerprint density at radius 3 is 2.78 bits per heavy atom. The predicted molar refractivity (Wildman–Crippen MR) is 67.2 cm³/mol. The highest BCUT2D eigenvalue weighted by Crippen LogP contribution is 2.20. The summed E-state index contributed by atoms with van der Waals surface area (Å²) in [5.41, 5.74) is 5.88. The molecule has 0 radical (unpaired) electrons. The van der Waals surface area contributed by atoms with Gasteiger partial charge in [0.1, 0.15) is 10.7 Å². The van der Waals surface area contributed by atoms with Gasteiger partial charge in [-0.05, 0) is 17.7 Å². The molecule has 0 bridgehead atoms. The molecule has 0 aliphatic carbocycles. The van der Waals surface area contributed by atoms with Crippen molar-refractivity contribution in [3.8, 4) is 0 Å². The van der Waals surface area contributed by atoms with Crippen LogP contribution in [0.1, 0.15) is 5.56 Å². The van der Waals surface area contributed by atoms with Crippen molar-refractivity contribution in [3.63, 3.8) is 0 Å². The van der Waals surface area contributed by atoms with Crippen LogP contribution in [0.25, 0.3) is 0 Å². The lowest BCUT2D eigenvalue weighted by molar-refractivity contribution is 0.569. The van der Waals surface area contributed by atoms with Crippen LogP contribution in [-0.4, -0.2) is 13.4 Å². The number of thiazole rings is 1. The van der Waals surface area contributed by atoms with Crippen molar-refractivity contribution in [2.45, 2.75) is 11.4 Å². The third kappa shape index (κ3) is 2.66. The van der Waals surface area contributed by atoms with Gasteiger partial charge in [-0.3, -0.25) is 4.72 Å². The Kier molecular flexibility index (Phi) is 3.60. The van der Waals surface area contributed by atoms with Crippen LogP contribution < -0.4 is 10.5 Å². The first-order valence-electron chi connectivity index (χ1n) is 4.94. The number of nitrogens with zero attached hydrogens (tertiary/aromatic N) is 1. The molecule has 0 aliphatic rings. The van der Waals surface area contributed by atoms with Crippen LogP contribution in [0.3, 0.4) is 0 Å². The minimum absolute atomic E-state index is 0.150. The van der Waals surface area contributed by atoms with Gasteiger partial charge in [0.05, 0.1) is 0 Å². The number of rotatable bonds is 4. The number of halogens is 1. The zero-order valence-corrected chi connectivity index (χ0v) is 10.8. The average molecular weight is 287 g/mol. The van der Waals surface area contributed by atoms with E-state index in [1.54, 1.807) is 5.38 Å². The molecule has 0 saturated carbocycles. The minimum atomic E-state index is -3.96. The summed E-state index contributed by atoms with van der Waals surface area (Å²) in [5, 5.41) is 1.81. The van der Waals surface area contributed by atoms with Gasteiger partial charge in [-0.15, -0.1) is 11.3 Å². The fourth-order valence-electron chi connectivity index (χ4n) is 1.33. The van der Waals surface area contributed by atoms with Gasteiger partial charge < -0.3 is 5.73 Å². The molecule has 0 amide bonds. The molecule has 0 atom stereocenters. The van der Waals surface area contributed by atoms with Gasteiger partial charge in [0, 0.05) is 18.1 Å². The van der Waals surface area contributed by atoms with Gasteiger partial charge in [0.2, 0.25) is 0 Å². The fraction of sp³-hybridized carbons (Fsp3) is 0.100. The molecule has 5 nitrogen and oxygen atoms in total. The lowest BCUT2D eigenvalue weighted by atomic mass is 10.2. The summed E-state index contributed by atoms with van der Waals surface area (Å²) < 4.78 is 39.7. The second-order valence-corrected chi connectivity index (χ2v) is 5.96. The summed E-state index contributed by atoms with van der Waals surface area (Å²) in [5.74, 6) is -0.831. The molecule has 0 unspecified atom stereocenters. The Balaban J connectivity index is 2.35. The largest absolute Gasteiger partial charge is 0.326 e. The first kappa shape index (κ1) is 12.9. The molecule has 18 heavy (non-hydrogen) atoms. The number of aromatic nitrogens is 1. The highest BCUT2D eigenvalue weighted by Gasteiger charge is 2.20. The monoisotopic (exact) mass is 287 g/mol. The van der Waals surface area contributed by atoms with Crippen LogP contribution in [0.2, 0.25) is 0 Å². The quantitative estimate of drug-likeness (QED) is 0.893. The smallest absolute Gasteiger partial charge is 0.266 e. The van der Waals surface area contributed by atoms with Crippen LogP contribution >= 0.6 is 11.3 Å². The lowest BCUT2D eigenvalue weighted by Crippen LogP contribution is -2.14. The van der Waals surface area contributed by atoms with Crippen LogP contribution in [0.4, 0.5) is 9.52 Å². The Labute approximate surface area is 108 Å². The molecule has 8 heteroatoms. The number of nitrogens with two attached hydrogens (primary N) is 1. The number of hydrogen-bond donors (Lipinski definition) is 2. The average Bonchev–Trinajstić information content (AvgIpc) is 2.80. The van der Waals surface area contributed by atoms with Crippen molar-refractivity contribution in [2.75, 3.05) is 4.72 Å². The highest BCUT2D eigenvalue weighted by molar-refractivity contribution is 7.93. The van der Waals surface area contributed by atoms with Gasteiger partial charge in [0.15, 0.2) is 5.13 Å². The van der Waals surface area contributed by atoms with Crippen molar-refractivity contribution in [3.05, 3.63) is 41.2 Å².